The molecular weight excluding hydrogens is 287 g/mol. The third-order valence-corrected chi connectivity index (χ3v) is 4.33. The fourth-order valence-corrected chi connectivity index (χ4v) is 2.89. The summed E-state index contributed by atoms with van der Waals surface area (Å²) in [6.45, 7) is 0.414. The predicted octanol–water partition coefficient (Wildman–Crippen LogP) is 1.50. The first kappa shape index (κ1) is 14.5. The summed E-state index contributed by atoms with van der Waals surface area (Å²) < 4.78 is 30.8. The van der Waals surface area contributed by atoms with Crippen LogP contribution >= 0.6 is 23.2 Å². The predicted molar refractivity (Wildman–Crippen MR) is 67.9 cm³/mol. The zero-order chi connectivity index (χ0) is 13.1. The summed E-state index contributed by atoms with van der Waals surface area (Å²) in [6, 6.07) is 2.68. The van der Waals surface area contributed by atoms with Gasteiger partial charge in [-0.2, -0.15) is 0 Å². The summed E-state index contributed by atoms with van der Waals surface area (Å²) in [6.07, 6.45) is 0. The summed E-state index contributed by atoms with van der Waals surface area (Å²) in [5.74, 6) is 0. The molecule has 8 heteroatoms. The van der Waals surface area contributed by atoms with Crippen LogP contribution in [-0.2, 0) is 14.8 Å². The molecule has 3 N–H and O–H groups in total. The Hall–Kier alpha value is -0.530. The van der Waals surface area contributed by atoms with Gasteiger partial charge < -0.3 is 10.5 Å². The van der Waals surface area contributed by atoms with E-state index in [1.54, 1.807) is 0 Å². The van der Waals surface area contributed by atoms with Crippen LogP contribution in [0.1, 0.15) is 0 Å². The van der Waals surface area contributed by atoms with Crippen LogP contribution in [0.3, 0.4) is 0 Å². The highest BCUT2D eigenvalue weighted by Gasteiger charge is 2.20. The Balaban J connectivity index is 3.04. The number of methoxy groups -OCH3 is 1. The van der Waals surface area contributed by atoms with Gasteiger partial charge in [0.15, 0.2) is 0 Å². The van der Waals surface area contributed by atoms with Crippen LogP contribution in [0.4, 0.5) is 5.69 Å². The Bertz CT molecular complexity index is 505. The molecule has 1 aromatic rings. The monoisotopic (exact) mass is 298 g/mol. The third-order valence-electron chi connectivity index (χ3n) is 1.98. The van der Waals surface area contributed by atoms with Gasteiger partial charge in [-0.15, -0.1) is 0 Å². The lowest BCUT2D eigenvalue weighted by Gasteiger charge is -2.10. The SMILES string of the molecule is COCCNS(=O)(=O)c1ccc(Cl)c(N)c1Cl. The Morgan fingerprint density at radius 2 is 2.06 bits per heavy atom. The van der Waals surface area contributed by atoms with Gasteiger partial charge in [0.2, 0.25) is 10.0 Å². The van der Waals surface area contributed by atoms with E-state index in [0.717, 1.165) is 0 Å². The fraction of sp³-hybridized carbons (Fsp3) is 0.333. The number of hydrogen-bond donors (Lipinski definition) is 2. The van der Waals surface area contributed by atoms with Crippen molar-refractivity contribution in [1.82, 2.24) is 4.72 Å². The van der Waals surface area contributed by atoms with E-state index >= 15 is 0 Å². The van der Waals surface area contributed by atoms with Gasteiger partial charge in [-0.1, -0.05) is 23.2 Å². The van der Waals surface area contributed by atoms with Crippen molar-refractivity contribution in [2.75, 3.05) is 26.0 Å². The fourth-order valence-electron chi connectivity index (χ4n) is 1.11. The minimum absolute atomic E-state index is 0.0444. The Kier molecular flexibility index (Phi) is 5.03. The molecule has 0 aliphatic heterocycles. The zero-order valence-corrected chi connectivity index (χ0v) is 11.4. The van der Waals surface area contributed by atoms with Crippen molar-refractivity contribution in [3.05, 3.63) is 22.2 Å². The van der Waals surface area contributed by atoms with Crippen LogP contribution in [0, 0.1) is 0 Å². The van der Waals surface area contributed by atoms with E-state index in [2.05, 4.69) is 4.72 Å². The molecule has 0 spiro atoms. The molecule has 0 atom stereocenters. The normalized spacial score (nSPS) is 11.7. The van der Waals surface area contributed by atoms with E-state index in [1.807, 2.05) is 0 Å². The van der Waals surface area contributed by atoms with Crippen LogP contribution < -0.4 is 10.5 Å². The Morgan fingerprint density at radius 3 is 2.65 bits per heavy atom. The topological polar surface area (TPSA) is 81.4 Å². The molecule has 0 heterocycles. The molecule has 0 radical (unpaired) electrons. The van der Waals surface area contributed by atoms with Gasteiger partial charge >= 0.3 is 0 Å². The number of sulfonamides is 1. The number of benzene rings is 1. The number of nitrogens with one attached hydrogen (secondary N) is 1. The van der Waals surface area contributed by atoms with Crippen molar-refractivity contribution in [3.63, 3.8) is 0 Å². The molecular formula is C9H12Cl2N2O3S. The first-order valence-electron chi connectivity index (χ1n) is 4.62. The largest absolute Gasteiger partial charge is 0.396 e. The molecule has 0 fully saturated rings. The molecule has 96 valence electrons. The van der Waals surface area contributed by atoms with Gasteiger partial charge in [0.05, 0.1) is 22.3 Å². The summed E-state index contributed by atoms with van der Waals surface area (Å²) in [5, 5.41) is 0.133. The molecule has 1 aromatic carbocycles. The van der Waals surface area contributed by atoms with E-state index in [4.69, 9.17) is 33.7 Å². The van der Waals surface area contributed by atoms with Gasteiger partial charge in [0, 0.05) is 13.7 Å². The smallest absolute Gasteiger partial charge is 0.242 e. The summed E-state index contributed by atoms with van der Waals surface area (Å²) in [4.78, 5) is -0.0998. The molecule has 0 saturated heterocycles. The van der Waals surface area contributed by atoms with Gasteiger partial charge in [0.1, 0.15) is 4.90 Å². The highest BCUT2D eigenvalue weighted by molar-refractivity contribution is 7.89. The van der Waals surface area contributed by atoms with Crippen molar-refractivity contribution < 1.29 is 13.2 Å². The van der Waals surface area contributed by atoms with Gasteiger partial charge in [0.25, 0.3) is 0 Å². The van der Waals surface area contributed by atoms with Crippen LogP contribution in [0.5, 0.6) is 0 Å². The van der Waals surface area contributed by atoms with E-state index in [0.29, 0.717) is 0 Å². The number of nitrogens with two attached hydrogens (primary N) is 1. The quantitative estimate of drug-likeness (QED) is 0.637. The lowest BCUT2D eigenvalue weighted by atomic mass is 10.3. The zero-order valence-electron chi connectivity index (χ0n) is 9.04. The first-order valence-corrected chi connectivity index (χ1v) is 6.86. The van der Waals surface area contributed by atoms with Crippen LogP contribution in [0.25, 0.3) is 0 Å². The number of halogens is 2. The minimum Gasteiger partial charge on any atom is -0.396 e. The maximum atomic E-state index is 11.8. The van der Waals surface area contributed by atoms with Crippen molar-refractivity contribution in [1.29, 1.82) is 0 Å². The number of rotatable bonds is 5. The van der Waals surface area contributed by atoms with E-state index < -0.39 is 10.0 Å². The van der Waals surface area contributed by atoms with Gasteiger partial charge in [-0.05, 0) is 12.1 Å². The Morgan fingerprint density at radius 1 is 1.41 bits per heavy atom. The second-order valence-corrected chi connectivity index (χ2v) is 5.68. The van der Waals surface area contributed by atoms with Crippen LogP contribution in [0.15, 0.2) is 17.0 Å². The maximum Gasteiger partial charge on any atom is 0.242 e. The van der Waals surface area contributed by atoms with E-state index in [9.17, 15) is 8.42 Å². The number of ether oxygens (including phenoxy) is 1. The molecule has 0 bridgehead atoms. The third kappa shape index (κ3) is 3.46. The number of hydrogen-bond acceptors (Lipinski definition) is 4. The average Bonchev–Trinajstić information content (AvgIpc) is 2.26. The molecule has 0 aliphatic rings. The molecule has 17 heavy (non-hydrogen) atoms. The second kappa shape index (κ2) is 5.88. The molecule has 0 saturated carbocycles. The molecule has 0 aromatic heterocycles. The summed E-state index contributed by atoms with van der Waals surface area (Å²) in [5.41, 5.74) is 5.60. The lowest BCUT2D eigenvalue weighted by Crippen LogP contribution is -2.27. The summed E-state index contributed by atoms with van der Waals surface area (Å²) in [7, 11) is -2.23. The first-order chi connectivity index (χ1) is 7.90. The molecule has 0 unspecified atom stereocenters. The van der Waals surface area contributed by atoms with Crippen molar-refractivity contribution in [3.8, 4) is 0 Å². The lowest BCUT2D eigenvalue weighted by molar-refractivity contribution is 0.204. The highest BCUT2D eigenvalue weighted by atomic mass is 35.5. The molecule has 5 nitrogen and oxygen atoms in total. The van der Waals surface area contributed by atoms with Gasteiger partial charge in [-0.3, -0.25) is 0 Å². The highest BCUT2D eigenvalue weighted by Crippen LogP contribution is 2.32. The van der Waals surface area contributed by atoms with Crippen molar-refractivity contribution >= 4 is 38.9 Å². The number of nitrogen functional groups attached to an aromatic ring is 1. The molecule has 0 amide bonds. The molecule has 0 aliphatic carbocycles. The molecule has 1 rings (SSSR count). The van der Waals surface area contributed by atoms with Gasteiger partial charge in [-0.25, -0.2) is 13.1 Å². The summed E-state index contributed by atoms with van der Waals surface area (Å²) >= 11 is 11.6. The average molecular weight is 299 g/mol. The minimum atomic E-state index is -3.70. The van der Waals surface area contributed by atoms with E-state index in [-0.39, 0.29) is 33.8 Å². The standard InChI is InChI=1S/C9H12Cl2N2O3S/c1-16-5-4-13-17(14,15)7-3-2-6(10)9(12)8(7)11/h2-3,13H,4-5,12H2,1H3. The maximum absolute atomic E-state index is 11.8. The van der Waals surface area contributed by atoms with E-state index in [1.165, 1.54) is 19.2 Å². The van der Waals surface area contributed by atoms with Crippen LogP contribution in [0.2, 0.25) is 10.0 Å². The van der Waals surface area contributed by atoms with Crippen molar-refractivity contribution in [2.24, 2.45) is 0 Å². The number of anilines is 1. The van der Waals surface area contributed by atoms with Crippen LogP contribution in [-0.4, -0.2) is 28.7 Å². The Labute approximate surface area is 110 Å². The van der Waals surface area contributed by atoms with Crippen molar-refractivity contribution in [2.45, 2.75) is 4.90 Å². The second-order valence-electron chi connectivity index (χ2n) is 3.16.